The van der Waals surface area contributed by atoms with Crippen molar-refractivity contribution in [2.75, 3.05) is 13.2 Å². The molecule has 0 unspecified atom stereocenters. The molecule has 0 bridgehead atoms. The SMILES string of the molecule is O[C@H](CCCCO[C@H]1CCCCO1)CCCc1cccnc1. The van der Waals surface area contributed by atoms with Gasteiger partial charge in [0.05, 0.1) is 6.10 Å². The predicted molar refractivity (Wildman–Crippen MR) is 86.6 cm³/mol. The summed E-state index contributed by atoms with van der Waals surface area (Å²) >= 11 is 0. The number of aromatic nitrogens is 1. The Morgan fingerprint density at radius 3 is 2.95 bits per heavy atom. The van der Waals surface area contributed by atoms with Gasteiger partial charge in [0.15, 0.2) is 6.29 Å². The van der Waals surface area contributed by atoms with Crippen LogP contribution in [0.2, 0.25) is 0 Å². The molecule has 0 aromatic carbocycles. The van der Waals surface area contributed by atoms with Gasteiger partial charge in [-0.3, -0.25) is 4.98 Å². The lowest BCUT2D eigenvalue weighted by molar-refractivity contribution is -0.162. The average Bonchev–Trinajstić information content (AvgIpc) is 2.56. The summed E-state index contributed by atoms with van der Waals surface area (Å²) in [5, 5.41) is 9.99. The van der Waals surface area contributed by atoms with Gasteiger partial charge in [0.1, 0.15) is 0 Å². The fourth-order valence-corrected chi connectivity index (χ4v) is 2.77. The van der Waals surface area contributed by atoms with E-state index < -0.39 is 0 Å². The van der Waals surface area contributed by atoms with E-state index in [9.17, 15) is 5.11 Å². The molecule has 0 radical (unpaired) electrons. The van der Waals surface area contributed by atoms with E-state index in [1.807, 2.05) is 12.3 Å². The maximum atomic E-state index is 9.99. The minimum atomic E-state index is -0.192. The number of hydrogen-bond donors (Lipinski definition) is 1. The Morgan fingerprint density at radius 2 is 2.18 bits per heavy atom. The molecule has 1 N–H and O–H groups in total. The van der Waals surface area contributed by atoms with Crippen molar-refractivity contribution in [3.8, 4) is 0 Å². The van der Waals surface area contributed by atoms with Gasteiger partial charge in [-0.1, -0.05) is 6.07 Å². The molecule has 1 fully saturated rings. The Morgan fingerprint density at radius 1 is 1.27 bits per heavy atom. The first-order chi connectivity index (χ1) is 10.8. The van der Waals surface area contributed by atoms with Crippen LogP contribution in [0.4, 0.5) is 0 Å². The van der Waals surface area contributed by atoms with Crippen LogP contribution in [-0.4, -0.2) is 35.7 Å². The summed E-state index contributed by atoms with van der Waals surface area (Å²) in [6.07, 6.45) is 12.6. The zero-order valence-electron chi connectivity index (χ0n) is 13.5. The normalized spacial score (nSPS) is 20.0. The summed E-state index contributed by atoms with van der Waals surface area (Å²) in [5.74, 6) is 0. The van der Waals surface area contributed by atoms with Gasteiger partial charge in [0.2, 0.25) is 0 Å². The van der Waals surface area contributed by atoms with Gasteiger partial charge in [-0.25, -0.2) is 0 Å². The summed E-state index contributed by atoms with van der Waals surface area (Å²) in [5.41, 5.74) is 1.25. The zero-order valence-corrected chi connectivity index (χ0v) is 13.5. The van der Waals surface area contributed by atoms with Gasteiger partial charge >= 0.3 is 0 Å². The van der Waals surface area contributed by atoms with Crippen LogP contribution in [0.15, 0.2) is 24.5 Å². The van der Waals surface area contributed by atoms with E-state index in [2.05, 4.69) is 11.1 Å². The number of hydrogen-bond acceptors (Lipinski definition) is 4. The van der Waals surface area contributed by atoms with E-state index in [4.69, 9.17) is 9.47 Å². The molecule has 1 aliphatic rings. The van der Waals surface area contributed by atoms with Gasteiger partial charge in [-0.15, -0.1) is 0 Å². The molecule has 4 heteroatoms. The highest BCUT2D eigenvalue weighted by atomic mass is 16.7. The Hall–Kier alpha value is -0.970. The number of ether oxygens (including phenoxy) is 2. The second kappa shape index (κ2) is 10.7. The van der Waals surface area contributed by atoms with Crippen LogP contribution < -0.4 is 0 Å². The van der Waals surface area contributed by atoms with Crippen LogP contribution in [-0.2, 0) is 15.9 Å². The van der Waals surface area contributed by atoms with Crippen molar-refractivity contribution < 1.29 is 14.6 Å². The molecule has 124 valence electrons. The first kappa shape index (κ1) is 17.4. The summed E-state index contributed by atoms with van der Waals surface area (Å²) < 4.78 is 11.2. The van der Waals surface area contributed by atoms with Crippen molar-refractivity contribution in [3.63, 3.8) is 0 Å². The smallest absolute Gasteiger partial charge is 0.157 e. The molecule has 22 heavy (non-hydrogen) atoms. The molecule has 4 nitrogen and oxygen atoms in total. The van der Waals surface area contributed by atoms with E-state index >= 15 is 0 Å². The summed E-state index contributed by atoms with van der Waals surface area (Å²) in [6, 6.07) is 4.05. The van der Waals surface area contributed by atoms with Crippen molar-refractivity contribution in [2.24, 2.45) is 0 Å². The molecule has 1 aromatic heterocycles. The Kier molecular flexibility index (Phi) is 8.46. The highest BCUT2D eigenvalue weighted by molar-refractivity contribution is 5.08. The van der Waals surface area contributed by atoms with Crippen LogP contribution in [0.25, 0.3) is 0 Å². The highest BCUT2D eigenvalue weighted by Crippen LogP contribution is 2.15. The third-order valence-electron chi connectivity index (χ3n) is 4.10. The van der Waals surface area contributed by atoms with Crippen LogP contribution in [0.5, 0.6) is 0 Å². The van der Waals surface area contributed by atoms with Crippen molar-refractivity contribution in [3.05, 3.63) is 30.1 Å². The van der Waals surface area contributed by atoms with Crippen LogP contribution in [0.1, 0.15) is 56.9 Å². The number of pyridine rings is 1. The van der Waals surface area contributed by atoms with Crippen LogP contribution >= 0.6 is 0 Å². The maximum Gasteiger partial charge on any atom is 0.157 e. The van der Waals surface area contributed by atoms with Gasteiger partial charge in [-0.05, 0) is 69.4 Å². The topological polar surface area (TPSA) is 51.6 Å². The Balaban J connectivity index is 1.43. The molecule has 2 heterocycles. The zero-order chi connectivity index (χ0) is 15.5. The van der Waals surface area contributed by atoms with E-state index in [1.165, 1.54) is 12.0 Å². The maximum absolute atomic E-state index is 9.99. The van der Waals surface area contributed by atoms with E-state index in [0.29, 0.717) is 0 Å². The number of aliphatic hydroxyl groups is 1. The minimum absolute atomic E-state index is 0.0122. The molecule has 0 aliphatic carbocycles. The minimum Gasteiger partial charge on any atom is -0.393 e. The Labute approximate surface area is 133 Å². The average molecular weight is 307 g/mol. The van der Waals surface area contributed by atoms with Gasteiger partial charge in [-0.2, -0.15) is 0 Å². The fourth-order valence-electron chi connectivity index (χ4n) is 2.77. The fraction of sp³-hybridized carbons (Fsp3) is 0.722. The summed E-state index contributed by atoms with van der Waals surface area (Å²) in [4.78, 5) is 4.10. The molecule has 1 aromatic rings. The second-order valence-corrected chi connectivity index (χ2v) is 6.07. The highest BCUT2D eigenvalue weighted by Gasteiger charge is 2.13. The quantitative estimate of drug-likeness (QED) is 0.672. The van der Waals surface area contributed by atoms with E-state index in [0.717, 1.165) is 64.6 Å². The van der Waals surface area contributed by atoms with Crippen molar-refractivity contribution in [2.45, 2.75) is 70.2 Å². The first-order valence-corrected chi connectivity index (χ1v) is 8.65. The van der Waals surface area contributed by atoms with Gasteiger partial charge in [0, 0.05) is 25.6 Å². The first-order valence-electron chi connectivity index (χ1n) is 8.65. The number of aryl methyl sites for hydroxylation is 1. The molecule has 1 saturated heterocycles. The third kappa shape index (κ3) is 7.34. The summed E-state index contributed by atoms with van der Waals surface area (Å²) in [7, 11) is 0. The number of aliphatic hydroxyl groups excluding tert-OH is 1. The lowest BCUT2D eigenvalue weighted by atomic mass is 10.0. The van der Waals surface area contributed by atoms with Crippen LogP contribution in [0, 0.1) is 0 Å². The molecule has 2 rings (SSSR count). The second-order valence-electron chi connectivity index (χ2n) is 6.07. The molecular weight excluding hydrogens is 278 g/mol. The number of nitrogens with zero attached hydrogens (tertiary/aromatic N) is 1. The lowest BCUT2D eigenvalue weighted by Crippen LogP contribution is -2.22. The van der Waals surface area contributed by atoms with E-state index in [1.54, 1.807) is 6.20 Å². The number of unbranched alkanes of at least 4 members (excludes halogenated alkanes) is 1. The van der Waals surface area contributed by atoms with E-state index in [-0.39, 0.29) is 12.4 Å². The molecular formula is C18H29NO3. The molecule has 2 atom stereocenters. The predicted octanol–water partition coefficient (Wildman–Crippen LogP) is 3.48. The largest absolute Gasteiger partial charge is 0.393 e. The van der Waals surface area contributed by atoms with Crippen molar-refractivity contribution in [1.29, 1.82) is 0 Å². The monoisotopic (exact) mass is 307 g/mol. The summed E-state index contributed by atoms with van der Waals surface area (Å²) in [6.45, 7) is 1.58. The molecule has 0 spiro atoms. The lowest BCUT2D eigenvalue weighted by Gasteiger charge is -2.22. The molecule has 0 saturated carbocycles. The van der Waals surface area contributed by atoms with Crippen LogP contribution in [0.3, 0.4) is 0 Å². The standard InChI is InChI=1S/C18H29NO3/c20-17(10-5-7-16-8-6-12-19-15-16)9-1-3-13-21-18-11-2-4-14-22-18/h6,8,12,15,17-18,20H,1-5,7,9-11,13-14H2/t17-,18-/m1/s1. The van der Waals surface area contributed by atoms with Crippen molar-refractivity contribution >= 4 is 0 Å². The van der Waals surface area contributed by atoms with Gasteiger partial charge in [0.25, 0.3) is 0 Å². The third-order valence-corrected chi connectivity index (χ3v) is 4.10. The molecule has 0 amide bonds. The molecule has 1 aliphatic heterocycles. The number of rotatable bonds is 10. The van der Waals surface area contributed by atoms with Gasteiger partial charge < -0.3 is 14.6 Å². The Bertz CT molecular complexity index is 379. The van der Waals surface area contributed by atoms with Crippen molar-refractivity contribution in [1.82, 2.24) is 4.98 Å².